The zero-order valence-corrected chi connectivity index (χ0v) is 24.5. The molecule has 9 heteroatoms. The maximum Gasteiger partial charge on any atom is 0.238 e. The Morgan fingerprint density at radius 1 is 1.05 bits per heavy atom. The summed E-state index contributed by atoms with van der Waals surface area (Å²) in [4.78, 5) is 17.4. The number of thiophene rings is 1. The van der Waals surface area contributed by atoms with Crippen molar-refractivity contribution in [3.63, 3.8) is 0 Å². The molecule has 2 aromatic carbocycles. The van der Waals surface area contributed by atoms with Gasteiger partial charge in [-0.2, -0.15) is 0 Å². The Morgan fingerprint density at radius 2 is 1.71 bits per heavy atom. The molecule has 0 unspecified atom stereocenters. The smallest absolute Gasteiger partial charge is 0.238 e. The molecule has 38 heavy (non-hydrogen) atoms. The lowest BCUT2D eigenvalue weighted by molar-refractivity contribution is 0.111. The Balaban J connectivity index is 1.69. The summed E-state index contributed by atoms with van der Waals surface area (Å²) < 4.78 is 29.6. The number of carbonyl (C=O) groups excluding carboxylic acids is 1. The number of nitrogens with zero attached hydrogens (tertiary/aromatic N) is 2. The number of carbonyl (C=O) groups is 1. The van der Waals surface area contributed by atoms with Gasteiger partial charge in [0, 0.05) is 22.5 Å². The molecule has 0 radical (unpaired) electrons. The third-order valence-corrected chi connectivity index (χ3v) is 9.70. The first-order valence-corrected chi connectivity index (χ1v) is 15.1. The second-order valence-corrected chi connectivity index (χ2v) is 14.6. The average Bonchev–Trinajstić information content (AvgIpc) is 3.38. The van der Waals surface area contributed by atoms with Crippen molar-refractivity contribution in [2.45, 2.75) is 52.3 Å². The number of imidazole rings is 1. The van der Waals surface area contributed by atoms with E-state index in [0.29, 0.717) is 29.0 Å². The number of anilines is 1. The second-order valence-electron chi connectivity index (χ2n) is 10.6. The molecule has 4 rings (SSSR count). The van der Waals surface area contributed by atoms with Crippen LogP contribution in [0.3, 0.4) is 0 Å². The lowest BCUT2D eigenvalue weighted by atomic mass is 10.0. The van der Waals surface area contributed by atoms with E-state index in [0.717, 1.165) is 39.8 Å². The Bertz CT molecular complexity index is 1530. The highest BCUT2D eigenvalue weighted by molar-refractivity contribution is 7.94. The van der Waals surface area contributed by atoms with Gasteiger partial charge < -0.3 is 4.57 Å². The highest BCUT2D eigenvalue weighted by atomic mass is 35.5. The van der Waals surface area contributed by atoms with Crippen LogP contribution in [0.1, 0.15) is 55.5 Å². The molecular weight excluding hydrogens is 538 g/mol. The van der Waals surface area contributed by atoms with Crippen LogP contribution in [0.4, 0.5) is 5.00 Å². The first-order chi connectivity index (χ1) is 17.9. The number of aromatic nitrogens is 2. The van der Waals surface area contributed by atoms with Crippen molar-refractivity contribution in [1.29, 1.82) is 0 Å². The van der Waals surface area contributed by atoms with Gasteiger partial charge in [-0.05, 0) is 50.3 Å². The highest BCUT2D eigenvalue weighted by Gasteiger charge is 2.30. The molecule has 0 amide bonds. The summed E-state index contributed by atoms with van der Waals surface area (Å²) in [5.74, 6) is 1.07. The van der Waals surface area contributed by atoms with Crippen LogP contribution in [-0.2, 0) is 23.0 Å². The van der Waals surface area contributed by atoms with Crippen molar-refractivity contribution in [2.75, 3.05) is 4.72 Å². The molecule has 1 N–H and O–H groups in total. The van der Waals surface area contributed by atoms with Crippen LogP contribution in [0.2, 0.25) is 5.15 Å². The number of nitrogens with one attached hydrogen (secondary N) is 1. The Hall–Kier alpha value is -2.94. The van der Waals surface area contributed by atoms with E-state index in [2.05, 4.69) is 29.6 Å². The van der Waals surface area contributed by atoms with E-state index in [1.165, 1.54) is 11.3 Å². The van der Waals surface area contributed by atoms with Gasteiger partial charge in [0.15, 0.2) is 11.4 Å². The van der Waals surface area contributed by atoms with Gasteiger partial charge in [0.1, 0.15) is 16.5 Å². The number of rotatable bonds is 9. The summed E-state index contributed by atoms with van der Waals surface area (Å²) in [5.41, 5.74) is 3.91. The first kappa shape index (κ1) is 28.1. The molecule has 4 aromatic rings. The summed E-state index contributed by atoms with van der Waals surface area (Å²) >= 11 is 7.78. The lowest BCUT2D eigenvalue weighted by Gasteiger charge is -2.20. The van der Waals surface area contributed by atoms with E-state index in [1.54, 1.807) is 20.8 Å². The van der Waals surface area contributed by atoms with E-state index in [9.17, 15) is 13.2 Å². The van der Waals surface area contributed by atoms with Crippen molar-refractivity contribution in [3.05, 3.63) is 82.0 Å². The lowest BCUT2D eigenvalue weighted by Crippen LogP contribution is -2.33. The third kappa shape index (κ3) is 6.03. The highest BCUT2D eigenvalue weighted by Crippen LogP contribution is 2.39. The first-order valence-electron chi connectivity index (χ1n) is 12.4. The molecule has 0 aliphatic carbocycles. The van der Waals surface area contributed by atoms with Gasteiger partial charge in [-0.15, -0.1) is 11.3 Å². The van der Waals surface area contributed by atoms with Crippen LogP contribution in [-0.4, -0.2) is 29.0 Å². The van der Waals surface area contributed by atoms with Crippen molar-refractivity contribution >= 4 is 44.2 Å². The van der Waals surface area contributed by atoms with Crippen molar-refractivity contribution in [2.24, 2.45) is 5.92 Å². The molecular formula is C29H32ClN3O3S2. The molecule has 0 spiro atoms. The predicted octanol–water partition coefficient (Wildman–Crippen LogP) is 7.53. The average molecular weight is 570 g/mol. The molecule has 0 aliphatic heterocycles. The van der Waals surface area contributed by atoms with Crippen molar-refractivity contribution in [3.8, 4) is 22.5 Å². The van der Waals surface area contributed by atoms with Crippen LogP contribution in [0.15, 0.2) is 60.7 Å². The minimum absolute atomic E-state index is 0.169. The maximum atomic E-state index is 13.0. The summed E-state index contributed by atoms with van der Waals surface area (Å²) in [6.45, 7) is 9.76. The van der Waals surface area contributed by atoms with Crippen LogP contribution in [0.25, 0.3) is 22.5 Å². The van der Waals surface area contributed by atoms with Crippen LogP contribution >= 0.6 is 22.9 Å². The van der Waals surface area contributed by atoms with E-state index >= 15 is 0 Å². The standard InChI is InChI=1S/C29H32ClN3O3S2/c1-19(2)15-23-16-24(28(37-23)32-38(35,36)29(3,4)5)21-13-11-20(12-14-21)17-33-25(18-34)26(30)31-27(33)22-9-7-6-8-10-22/h6-14,16,18-19,32H,15,17H2,1-5H3. The topological polar surface area (TPSA) is 81.1 Å². The summed E-state index contributed by atoms with van der Waals surface area (Å²) in [6, 6.07) is 19.6. The second kappa shape index (κ2) is 11.0. The molecule has 0 fully saturated rings. The fourth-order valence-corrected chi connectivity index (χ4v) is 6.52. The van der Waals surface area contributed by atoms with Gasteiger partial charge in [-0.25, -0.2) is 13.4 Å². The van der Waals surface area contributed by atoms with Gasteiger partial charge in [-0.1, -0.05) is 80.0 Å². The van der Waals surface area contributed by atoms with Gasteiger partial charge in [0.05, 0.1) is 4.75 Å². The largest absolute Gasteiger partial charge is 0.316 e. The molecule has 0 saturated heterocycles. The molecule has 0 aliphatic rings. The van der Waals surface area contributed by atoms with E-state index in [-0.39, 0.29) is 5.15 Å². The van der Waals surface area contributed by atoms with Crippen LogP contribution in [0.5, 0.6) is 0 Å². The Kier molecular flexibility index (Phi) is 8.16. The SMILES string of the molecule is CC(C)Cc1cc(-c2ccc(Cn3c(-c4ccccc4)nc(Cl)c3C=O)cc2)c(NS(=O)(=O)C(C)(C)C)s1. The zero-order valence-electron chi connectivity index (χ0n) is 22.2. The van der Waals surface area contributed by atoms with Gasteiger partial charge in [-0.3, -0.25) is 9.52 Å². The predicted molar refractivity (Wildman–Crippen MR) is 158 cm³/mol. The fourth-order valence-electron chi connectivity index (χ4n) is 4.00. The number of hydrogen-bond acceptors (Lipinski definition) is 5. The van der Waals surface area contributed by atoms with Gasteiger partial charge in [0.2, 0.25) is 10.0 Å². The molecule has 200 valence electrons. The van der Waals surface area contributed by atoms with E-state index in [4.69, 9.17) is 11.6 Å². The summed E-state index contributed by atoms with van der Waals surface area (Å²) in [7, 11) is -3.58. The van der Waals surface area contributed by atoms with E-state index in [1.807, 2.05) is 59.2 Å². The monoisotopic (exact) mass is 569 g/mol. The van der Waals surface area contributed by atoms with Gasteiger partial charge >= 0.3 is 0 Å². The van der Waals surface area contributed by atoms with Crippen molar-refractivity contribution < 1.29 is 13.2 Å². The number of benzene rings is 2. The Labute approximate surface area is 233 Å². The zero-order chi connectivity index (χ0) is 27.7. The van der Waals surface area contributed by atoms with Crippen LogP contribution < -0.4 is 4.72 Å². The quantitative estimate of drug-likeness (QED) is 0.211. The Morgan fingerprint density at radius 3 is 2.29 bits per heavy atom. The summed E-state index contributed by atoms with van der Waals surface area (Å²) in [6.07, 6.45) is 1.59. The molecule has 2 heterocycles. The number of hydrogen-bond donors (Lipinski definition) is 1. The van der Waals surface area contributed by atoms with Crippen molar-refractivity contribution in [1.82, 2.24) is 9.55 Å². The molecule has 0 bridgehead atoms. The van der Waals surface area contributed by atoms with Crippen LogP contribution in [0, 0.1) is 5.92 Å². The maximum absolute atomic E-state index is 13.0. The minimum Gasteiger partial charge on any atom is -0.316 e. The third-order valence-electron chi connectivity index (χ3n) is 6.14. The van der Waals surface area contributed by atoms with E-state index < -0.39 is 14.8 Å². The molecule has 0 saturated carbocycles. The number of sulfonamides is 1. The normalized spacial score (nSPS) is 12.2. The molecule has 0 atom stereocenters. The van der Waals surface area contributed by atoms with Gasteiger partial charge in [0.25, 0.3) is 0 Å². The number of halogens is 1. The fraction of sp³-hybridized carbons (Fsp3) is 0.310. The minimum atomic E-state index is -3.58. The number of aldehydes is 1. The molecule has 6 nitrogen and oxygen atoms in total. The summed E-state index contributed by atoms with van der Waals surface area (Å²) in [5, 5.41) is 0.793. The molecule has 2 aromatic heterocycles.